The molecule has 1 unspecified atom stereocenters. The van der Waals surface area contributed by atoms with Gasteiger partial charge >= 0.3 is 0 Å². The zero-order chi connectivity index (χ0) is 13.0. The first kappa shape index (κ1) is 13.4. The number of aliphatic hydroxyl groups excluding tert-OH is 1. The second-order valence-electron chi connectivity index (χ2n) is 4.79. The second-order valence-corrected chi connectivity index (χ2v) is 4.79. The van der Waals surface area contributed by atoms with E-state index < -0.39 is 0 Å². The molecule has 0 spiro atoms. The minimum absolute atomic E-state index is 0.273. The van der Waals surface area contributed by atoms with Gasteiger partial charge in [-0.1, -0.05) is 19.9 Å². The zero-order valence-electron chi connectivity index (χ0n) is 11.4. The van der Waals surface area contributed by atoms with E-state index in [1.807, 2.05) is 12.1 Å². The van der Waals surface area contributed by atoms with Gasteiger partial charge in [0.25, 0.3) is 0 Å². The van der Waals surface area contributed by atoms with Gasteiger partial charge in [0.15, 0.2) is 0 Å². The maximum absolute atomic E-state index is 9.74. The lowest BCUT2D eigenvalue weighted by molar-refractivity contribution is 0.180. The van der Waals surface area contributed by atoms with Crippen molar-refractivity contribution in [1.29, 1.82) is 0 Å². The van der Waals surface area contributed by atoms with Gasteiger partial charge in [-0.05, 0) is 49.2 Å². The van der Waals surface area contributed by atoms with E-state index in [1.165, 1.54) is 5.56 Å². The van der Waals surface area contributed by atoms with Crippen LogP contribution in [0.4, 0.5) is 0 Å². The third kappa shape index (κ3) is 3.03. The molecule has 18 heavy (non-hydrogen) atoms. The molecular formula is C15H23NO2. The Balaban J connectivity index is 1.87. The molecule has 0 aliphatic heterocycles. The molecule has 1 aliphatic rings. The predicted octanol–water partition coefficient (Wildman–Crippen LogP) is 2.39. The molecule has 0 radical (unpaired) electrons. The Bertz CT molecular complexity index is 388. The van der Waals surface area contributed by atoms with Crippen molar-refractivity contribution in [3.05, 3.63) is 29.3 Å². The number of aliphatic hydroxyl groups is 1. The summed E-state index contributed by atoms with van der Waals surface area (Å²) in [5, 5.41) is 9.74. The van der Waals surface area contributed by atoms with Gasteiger partial charge in [0.2, 0.25) is 0 Å². The van der Waals surface area contributed by atoms with Crippen LogP contribution in [-0.4, -0.2) is 36.2 Å². The van der Waals surface area contributed by atoms with Crippen molar-refractivity contribution in [3.63, 3.8) is 0 Å². The molecule has 1 aromatic carbocycles. The van der Waals surface area contributed by atoms with Gasteiger partial charge in [-0.2, -0.15) is 0 Å². The Hall–Kier alpha value is -1.06. The van der Waals surface area contributed by atoms with Gasteiger partial charge in [-0.3, -0.25) is 0 Å². The number of rotatable bonds is 6. The second kappa shape index (κ2) is 6.21. The largest absolute Gasteiger partial charge is 0.492 e. The van der Waals surface area contributed by atoms with E-state index in [4.69, 9.17) is 4.74 Å². The topological polar surface area (TPSA) is 32.7 Å². The molecule has 0 saturated carbocycles. The Morgan fingerprint density at radius 1 is 1.33 bits per heavy atom. The summed E-state index contributed by atoms with van der Waals surface area (Å²) in [7, 11) is 0. The molecular weight excluding hydrogens is 226 g/mol. The van der Waals surface area contributed by atoms with Crippen LogP contribution in [0.15, 0.2) is 18.2 Å². The maximum atomic E-state index is 9.74. The standard InChI is InChI=1S/C15H23NO2/c1-3-16(4-2)9-10-18-13-6-7-14-12(11-13)5-8-15(14)17/h6-7,11,15,17H,3-5,8-10H2,1-2H3. The van der Waals surface area contributed by atoms with Crippen LogP contribution in [0, 0.1) is 0 Å². The number of likely N-dealkylation sites (N-methyl/N-ethyl adjacent to an activating group) is 1. The quantitative estimate of drug-likeness (QED) is 0.840. The third-order valence-corrected chi connectivity index (χ3v) is 3.73. The van der Waals surface area contributed by atoms with Crippen LogP contribution in [0.3, 0.4) is 0 Å². The summed E-state index contributed by atoms with van der Waals surface area (Å²) in [4.78, 5) is 2.34. The molecule has 3 heteroatoms. The lowest BCUT2D eigenvalue weighted by Gasteiger charge is -2.18. The fourth-order valence-electron chi connectivity index (χ4n) is 2.49. The molecule has 0 fully saturated rings. The van der Waals surface area contributed by atoms with Crippen LogP contribution in [0.1, 0.15) is 37.5 Å². The highest BCUT2D eigenvalue weighted by Crippen LogP contribution is 2.33. The highest BCUT2D eigenvalue weighted by molar-refractivity contribution is 5.39. The van der Waals surface area contributed by atoms with E-state index in [1.54, 1.807) is 0 Å². The molecule has 0 heterocycles. The number of hydrogen-bond donors (Lipinski definition) is 1. The van der Waals surface area contributed by atoms with Crippen LogP contribution in [0.2, 0.25) is 0 Å². The molecule has 0 bridgehead atoms. The number of benzene rings is 1. The molecule has 3 nitrogen and oxygen atoms in total. The highest BCUT2D eigenvalue weighted by Gasteiger charge is 2.20. The number of aryl methyl sites for hydroxylation is 1. The van der Waals surface area contributed by atoms with Crippen molar-refractivity contribution >= 4 is 0 Å². The fourth-order valence-corrected chi connectivity index (χ4v) is 2.49. The van der Waals surface area contributed by atoms with Crippen molar-refractivity contribution < 1.29 is 9.84 Å². The molecule has 100 valence electrons. The number of fused-ring (bicyclic) bond motifs is 1. The molecule has 0 aromatic heterocycles. The summed E-state index contributed by atoms with van der Waals surface area (Å²) in [6.07, 6.45) is 1.53. The van der Waals surface area contributed by atoms with Crippen molar-refractivity contribution in [2.75, 3.05) is 26.2 Å². The Morgan fingerprint density at radius 3 is 2.83 bits per heavy atom. The molecule has 2 rings (SSSR count). The van der Waals surface area contributed by atoms with Crippen LogP contribution in [0.25, 0.3) is 0 Å². The first-order valence-electron chi connectivity index (χ1n) is 6.90. The van der Waals surface area contributed by atoms with Crippen molar-refractivity contribution in [3.8, 4) is 5.75 Å². The van der Waals surface area contributed by atoms with Crippen molar-refractivity contribution in [1.82, 2.24) is 4.90 Å². The number of hydrogen-bond acceptors (Lipinski definition) is 3. The van der Waals surface area contributed by atoms with E-state index in [2.05, 4.69) is 24.8 Å². The number of nitrogens with zero attached hydrogens (tertiary/aromatic N) is 1. The molecule has 0 amide bonds. The Kier molecular flexibility index (Phi) is 4.61. The first-order chi connectivity index (χ1) is 8.74. The highest BCUT2D eigenvalue weighted by atomic mass is 16.5. The zero-order valence-corrected chi connectivity index (χ0v) is 11.4. The van der Waals surface area contributed by atoms with Crippen LogP contribution in [0.5, 0.6) is 5.75 Å². The first-order valence-corrected chi connectivity index (χ1v) is 6.90. The maximum Gasteiger partial charge on any atom is 0.119 e. The monoisotopic (exact) mass is 249 g/mol. The lowest BCUT2D eigenvalue weighted by Crippen LogP contribution is -2.27. The Labute approximate surface area is 109 Å². The summed E-state index contributed by atoms with van der Waals surface area (Å²) in [6.45, 7) is 8.16. The van der Waals surface area contributed by atoms with E-state index in [-0.39, 0.29) is 6.10 Å². The van der Waals surface area contributed by atoms with Crippen molar-refractivity contribution in [2.45, 2.75) is 32.8 Å². The number of ether oxygens (including phenoxy) is 1. The average molecular weight is 249 g/mol. The van der Waals surface area contributed by atoms with E-state index in [0.717, 1.165) is 50.4 Å². The lowest BCUT2D eigenvalue weighted by atomic mass is 10.1. The third-order valence-electron chi connectivity index (χ3n) is 3.73. The van der Waals surface area contributed by atoms with Gasteiger partial charge in [0.1, 0.15) is 12.4 Å². The van der Waals surface area contributed by atoms with E-state index in [9.17, 15) is 5.11 Å². The SMILES string of the molecule is CCN(CC)CCOc1ccc2c(c1)CCC2O. The summed E-state index contributed by atoms with van der Waals surface area (Å²) >= 11 is 0. The summed E-state index contributed by atoms with van der Waals surface area (Å²) < 4.78 is 5.78. The predicted molar refractivity (Wildman–Crippen MR) is 73.0 cm³/mol. The summed E-state index contributed by atoms with van der Waals surface area (Å²) in [5.74, 6) is 0.926. The fraction of sp³-hybridized carbons (Fsp3) is 0.600. The van der Waals surface area contributed by atoms with E-state index >= 15 is 0 Å². The molecule has 1 N–H and O–H groups in total. The van der Waals surface area contributed by atoms with Gasteiger partial charge in [0.05, 0.1) is 6.10 Å². The summed E-state index contributed by atoms with van der Waals surface area (Å²) in [6, 6.07) is 6.04. The van der Waals surface area contributed by atoms with Gasteiger partial charge in [-0.25, -0.2) is 0 Å². The van der Waals surface area contributed by atoms with Crippen LogP contribution < -0.4 is 4.74 Å². The van der Waals surface area contributed by atoms with Gasteiger partial charge in [0, 0.05) is 6.54 Å². The summed E-state index contributed by atoms with van der Waals surface area (Å²) in [5.41, 5.74) is 2.31. The van der Waals surface area contributed by atoms with Crippen LogP contribution >= 0.6 is 0 Å². The normalized spacial score (nSPS) is 18.1. The molecule has 0 saturated heterocycles. The minimum Gasteiger partial charge on any atom is -0.492 e. The van der Waals surface area contributed by atoms with Gasteiger partial charge < -0.3 is 14.7 Å². The Morgan fingerprint density at radius 2 is 2.11 bits per heavy atom. The molecule has 1 atom stereocenters. The van der Waals surface area contributed by atoms with E-state index in [0.29, 0.717) is 0 Å². The molecule has 1 aliphatic carbocycles. The van der Waals surface area contributed by atoms with Gasteiger partial charge in [-0.15, -0.1) is 0 Å². The van der Waals surface area contributed by atoms with Crippen molar-refractivity contribution in [2.24, 2.45) is 0 Å². The van der Waals surface area contributed by atoms with Crippen LogP contribution in [-0.2, 0) is 6.42 Å². The minimum atomic E-state index is -0.273. The average Bonchev–Trinajstić information content (AvgIpc) is 2.76. The molecule has 1 aromatic rings. The smallest absolute Gasteiger partial charge is 0.119 e.